The van der Waals surface area contributed by atoms with E-state index in [-0.39, 0.29) is 18.9 Å². The second-order valence-electron chi connectivity index (χ2n) is 10.9. The van der Waals surface area contributed by atoms with Crippen LogP contribution in [0.2, 0.25) is 0 Å². The van der Waals surface area contributed by atoms with Crippen LogP contribution in [-0.4, -0.2) is 66.0 Å². The lowest BCUT2D eigenvalue weighted by atomic mass is 9.97. The zero-order valence-corrected chi connectivity index (χ0v) is 25.8. The number of carbonyl (C=O) groups excluding carboxylic acids is 5. The highest BCUT2D eigenvalue weighted by molar-refractivity contribution is 5.98. The fourth-order valence-corrected chi connectivity index (χ4v) is 4.55. The Morgan fingerprint density at radius 2 is 1.31 bits per heavy atom. The maximum atomic E-state index is 13.3. The minimum atomic E-state index is -1.60. The molecule has 45 heavy (non-hydrogen) atoms. The van der Waals surface area contributed by atoms with Crippen LogP contribution >= 0.6 is 0 Å². The van der Waals surface area contributed by atoms with Crippen molar-refractivity contribution >= 4 is 29.6 Å². The summed E-state index contributed by atoms with van der Waals surface area (Å²) in [7, 11) is 1.27. The summed E-state index contributed by atoms with van der Waals surface area (Å²) >= 11 is 0. The van der Waals surface area contributed by atoms with Crippen molar-refractivity contribution in [1.29, 1.82) is 0 Å². The molecule has 4 amide bonds. The van der Waals surface area contributed by atoms with Crippen LogP contribution in [-0.2, 0) is 32.1 Å². The molecule has 11 heteroatoms. The molecule has 238 valence electrons. The van der Waals surface area contributed by atoms with Gasteiger partial charge in [0.05, 0.1) is 18.7 Å². The van der Waals surface area contributed by atoms with Gasteiger partial charge in [-0.1, -0.05) is 74.5 Å². The van der Waals surface area contributed by atoms with E-state index in [9.17, 15) is 29.1 Å². The summed E-state index contributed by atoms with van der Waals surface area (Å²) in [6.45, 7) is 4.98. The number of amides is 4. The molecule has 11 nitrogen and oxygen atoms in total. The normalized spacial score (nSPS) is 13.5. The van der Waals surface area contributed by atoms with E-state index in [4.69, 9.17) is 4.74 Å². The van der Waals surface area contributed by atoms with E-state index in [1.165, 1.54) is 14.0 Å². The first-order chi connectivity index (χ1) is 21.5. The SMILES string of the molecule is COC(=O)c1cccc(CNC(=O)C(O)[C@@H](NC(=O)[C@H](C)NC(=O)[C@H](Cc2ccccc2)NC(=O)c2ccccc2)C(C)C)c1. The molecule has 0 heterocycles. The number of methoxy groups -OCH3 is 1. The number of benzene rings is 3. The van der Waals surface area contributed by atoms with E-state index in [2.05, 4.69) is 21.3 Å². The quantitative estimate of drug-likeness (QED) is 0.173. The zero-order chi connectivity index (χ0) is 32.9. The van der Waals surface area contributed by atoms with E-state index in [0.29, 0.717) is 16.7 Å². The van der Waals surface area contributed by atoms with Gasteiger partial charge in [0, 0.05) is 18.5 Å². The van der Waals surface area contributed by atoms with Gasteiger partial charge in [0.15, 0.2) is 6.10 Å². The van der Waals surface area contributed by atoms with Crippen molar-refractivity contribution in [3.63, 3.8) is 0 Å². The molecule has 4 atom stereocenters. The van der Waals surface area contributed by atoms with Crippen molar-refractivity contribution in [3.8, 4) is 0 Å². The monoisotopic (exact) mass is 616 g/mol. The molecule has 0 radical (unpaired) electrons. The Morgan fingerprint density at radius 1 is 0.711 bits per heavy atom. The molecule has 0 aliphatic heterocycles. The van der Waals surface area contributed by atoms with Gasteiger partial charge < -0.3 is 31.1 Å². The second kappa shape index (κ2) is 16.7. The van der Waals surface area contributed by atoms with Crippen LogP contribution in [0.4, 0.5) is 0 Å². The molecule has 0 saturated carbocycles. The van der Waals surface area contributed by atoms with E-state index in [1.54, 1.807) is 68.4 Å². The third-order valence-electron chi connectivity index (χ3n) is 7.14. The van der Waals surface area contributed by atoms with Gasteiger partial charge in [-0.25, -0.2) is 4.79 Å². The van der Waals surface area contributed by atoms with Gasteiger partial charge in [0.1, 0.15) is 12.1 Å². The van der Waals surface area contributed by atoms with E-state index < -0.39 is 53.8 Å². The number of esters is 1. The van der Waals surface area contributed by atoms with Gasteiger partial charge in [-0.15, -0.1) is 0 Å². The van der Waals surface area contributed by atoms with Crippen molar-refractivity contribution < 1.29 is 33.8 Å². The molecular weight excluding hydrogens is 576 g/mol. The van der Waals surface area contributed by atoms with Crippen LogP contribution in [0.1, 0.15) is 52.6 Å². The minimum Gasteiger partial charge on any atom is -0.465 e. The largest absolute Gasteiger partial charge is 0.465 e. The van der Waals surface area contributed by atoms with Crippen molar-refractivity contribution in [2.45, 2.75) is 58.0 Å². The second-order valence-corrected chi connectivity index (χ2v) is 10.9. The number of carbonyl (C=O) groups is 5. The van der Waals surface area contributed by atoms with Crippen LogP contribution in [0.5, 0.6) is 0 Å². The molecule has 0 aromatic heterocycles. The molecular formula is C34H40N4O7. The number of aliphatic hydroxyl groups excluding tert-OH is 1. The Bertz CT molecular complexity index is 1460. The van der Waals surface area contributed by atoms with Crippen molar-refractivity contribution in [2.24, 2.45) is 5.92 Å². The zero-order valence-electron chi connectivity index (χ0n) is 25.8. The molecule has 0 aliphatic rings. The summed E-state index contributed by atoms with van der Waals surface area (Å²) in [6.07, 6.45) is -1.41. The highest BCUT2D eigenvalue weighted by atomic mass is 16.5. The van der Waals surface area contributed by atoms with Gasteiger partial charge >= 0.3 is 5.97 Å². The molecule has 5 N–H and O–H groups in total. The van der Waals surface area contributed by atoms with Gasteiger partial charge in [0.25, 0.3) is 11.8 Å². The first-order valence-electron chi connectivity index (χ1n) is 14.6. The van der Waals surface area contributed by atoms with E-state index >= 15 is 0 Å². The predicted molar refractivity (Wildman–Crippen MR) is 168 cm³/mol. The van der Waals surface area contributed by atoms with E-state index in [0.717, 1.165) is 5.56 Å². The minimum absolute atomic E-state index is 0.0312. The van der Waals surface area contributed by atoms with Crippen molar-refractivity contribution in [3.05, 3.63) is 107 Å². The number of hydrogen-bond acceptors (Lipinski definition) is 7. The topological polar surface area (TPSA) is 163 Å². The standard InChI is InChI=1S/C34H40N4O7/c1-21(2)28(29(39)33(43)35-20-24-14-11-17-26(18-24)34(44)45-4)38-30(40)22(3)36-32(42)27(19-23-12-7-5-8-13-23)37-31(41)25-15-9-6-10-16-25/h5-18,21-22,27-29,39H,19-20H2,1-4H3,(H,35,43)(H,36,42)(H,37,41)(H,38,40)/t22-,27-,28-,29?/m0/s1. The molecule has 3 aromatic rings. The van der Waals surface area contributed by atoms with Crippen molar-refractivity contribution in [2.75, 3.05) is 7.11 Å². The van der Waals surface area contributed by atoms with E-state index in [1.807, 2.05) is 30.3 Å². The molecule has 0 bridgehead atoms. The average molecular weight is 617 g/mol. The van der Waals surface area contributed by atoms with Crippen LogP contribution in [0.15, 0.2) is 84.9 Å². The first kappa shape index (κ1) is 34.5. The number of hydrogen-bond donors (Lipinski definition) is 5. The maximum absolute atomic E-state index is 13.3. The Labute approximate surface area is 262 Å². The summed E-state index contributed by atoms with van der Waals surface area (Å²) in [5.41, 5.74) is 2.13. The summed E-state index contributed by atoms with van der Waals surface area (Å²) in [5, 5.41) is 21.5. The third kappa shape index (κ3) is 10.3. The van der Waals surface area contributed by atoms with Crippen LogP contribution in [0.3, 0.4) is 0 Å². The average Bonchev–Trinajstić information content (AvgIpc) is 3.05. The molecule has 0 aliphatic carbocycles. The van der Waals surface area contributed by atoms with Gasteiger partial charge in [-0.2, -0.15) is 0 Å². The Hall–Kier alpha value is -5.03. The van der Waals surface area contributed by atoms with Crippen molar-refractivity contribution in [1.82, 2.24) is 21.3 Å². The number of nitrogens with one attached hydrogen (secondary N) is 4. The number of aliphatic hydroxyl groups is 1. The molecule has 0 spiro atoms. The summed E-state index contributed by atoms with van der Waals surface area (Å²) in [4.78, 5) is 64.0. The molecule has 3 aromatic carbocycles. The molecule has 3 rings (SSSR count). The lowest BCUT2D eigenvalue weighted by Crippen LogP contribution is -2.58. The smallest absolute Gasteiger partial charge is 0.337 e. The first-order valence-corrected chi connectivity index (χ1v) is 14.6. The Balaban J connectivity index is 1.63. The molecule has 1 unspecified atom stereocenters. The summed E-state index contributed by atoms with van der Waals surface area (Å²) in [6, 6.07) is 21.1. The van der Waals surface area contributed by atoms with Gasteiger partial charge in [0.2, 0.25) is 11.8 Å². The fourth-order valence-electron chi connectivity index (χ4n) is 4.55. The lowest BCUT2D eigenvalue weighted by Gasteiger charge is -2.28. The number of ether oxygens (including phenoxy) is 1. The molecule has 0 fully saturated rings. The molecule has 0 saturated heterocycles. The van der Waals surface area contributed by atoms with Crippen LogP contribution < -0.4 is 21.3 Å². The number of rotatable bonds is 14. The van der Waals surface area contributed by atoms with Gasteiger partial charge in [-0.3, -0.25) is 19.2 Å². The third-order valence-corrected chi connectivity index (χ3v) is 7.14. The fraction of sp³-hybridized carbons (Fsp3) is 0.324. The summed E-state index contributed by atoms with van der Waals surface area (Å²) < 4.78 is 4.72. The highest BCUT2D eigenvalue weighted by Crippen LogP contribution is 2.11. The van der Waals surface area contributed by atoms with Crippen LogP contribution in [0.25, 0.3) is 0 Å². The highest BCUT2D eigenvalue weighted by Gasteiger charge is 2.32. The lowest BCUT2D eigenvalue weighted by molar-refractivity contribution is -0.135. The summed E-state index contributed by atoms with van der Waals surface area (Å²) in [5.74, 6) is -3.21. The van der Waals surface area contributed by atoms with Gasteiger partial charge in [-0.05, 0) is 48.2 Å². The maximum Gasteiger partial charge on any atom is 0.337 e. The van der Waals surface area contributed by atoms with Crippen LogP contribution in [0, 0.1) is 5.92 Å². The predicted octanol–water partition coefficient (Wildman–Crippen LogP) is 2.14. The Morgan fingerprint density at radius 3 is 1.93 bits per heavy atom. The Kier molecular flexibility index (Phi) is 12.8.